The van der Waals surface area contributed by atoms with Crippen LogP contribution in [0.25, 0.3) is 11.4 Å². The molecule has 0 amide bonds. The van der Waals surface area contributed by atoms with Crippen LogP contribution in [0.5, 0.6) is 0 Å². The number of benzene rings is 1. The summed E-state index contributed by atoms with van der Waals surface area (Å²) in [5.74, 6) is -0.398. The van der Waals surface area contributed by atoms with Crippen molar-refractivity contribution in [3.05, 3.63) is 40.1 Å². The molecule has 1 N–H and O–H groups in total. The number of hydrogen-bond acceptors (Lipinski definition) is 2. The van der Waals surface area contributed by atoms with Gasteiger partial charge in [0.1, 0.15) is 10.4 Å². The molecule has 1 unspecified atom stereocenters. The third kappa shape index (κ3) is 2.16. The summed E-state index contributed by atoms with van der Waals surface area (Å²) in [5, 5.41) is 9.36. The smallest absolute Gasteiger partial charge is 0.312 e. The van der Waals surface area contributed by atoms with E-state index in [1.54, 1.807) is 0 Å². The van der Waals surface area contributed by atoms with Gasteiger partial charge in [0.25, 0.3) is 0 Å². The van der Waals surface area contributed by atoms with Gasteiger partial charge in [0, 0.05) is 12.1 Å². The number of carboxylic acids is 1. The molecule has 1 aliphatic heterocycles. The molecule has 3 rings (SSSR count). The highest BCUT2D eigenvalue weighted by atomic mass is 79.9. The van der Waals surface area contributed by atoms with E-state index in [2.05, 4.69) is 20.9 Å². The number of hydrogen-bond donors (Lipinski definition) is 1. The van der Waals surface area contributed by atoms with Gasteiger partial charge in [-0.1, -0.05) is 29.8 Å². The van der Waals surface area contributed by atoms with Gasteiger partial charge in [0.05, 0.1) is 11.6 Å². The highest BCUT2D eigenvalue weighted by Crippen LogP contribution is 2.37. The summed E-state index contributed by atoms with van der Waals surface area (Å²) in [6, 6.07) is 8.15. The number of halogens is 1. The summed E-state index contributed by atoms with van der Waals surface area (Å²) in [6.45, 7) is 2.86. The summed E-state index contributed by atoms with van der Waals surface area (Å²) in [5.41, 5.74) is 3.01. The SMILES string of the molecule is Cc1ccc(-c2nc(Br)c3n2CCCC3C(=O)O)cc1. The highest BCUT2D eigenvalue weighted by Gasteiger charge is 2.31. The van der Waals surface area contributed by atoms with Crippen LogP contribution >= 0.6 is 15.9 Å². The van der Waals surface area contributed by atoms with Gasteiger partial charge in [0.15, 0.2) is 0 Å². The van der Waals surface area contributed by atoms with E-state index in [0.717, 1.165) is 30.0 Å². The maximum atomic E-state index is 11.4. The van der Waals surface area contributed by atoms with Crippen molar-refractivity contribution < 1.29 is 9.90 Å². The van der Waals surface area contributed by atoms with Crippen LogP contribution in [-0.4, -0.2) is 20.6 Å². The van der Waals surface area contributed by atoms with Crippen LogP contribution in [0.4, 0.5) is 0 Å². The number of carboxylic acid groups (broad SMARTS) is 1. The average molecular weight is 335 g/mol. The van der Waals surface area contributed by atoms with Gasteiger partial charge in [-0.3, -0.25) is 4.79 Å². The zero-order valence-electron chi connectivity index (χ0n) is 11.1. The normalized spacial score (nSPS) is 17.8. The molecule has 0 aliphatic carbocycles. The lowest BCUT2D eigenvalue weighted by Gasteiger charge is -2.22. The van der Waals surface area contributed by atoms with Crippen molar-refractivity contribution in [1.82, 2.24) is 9.55 Å². The van der Waals surface area contributed by atoms with E-state index in [9.17, 15) is 9.90 Å². The van der Waals surface area contributed by atoms with Crippen molar-refractivity contribution in [1.29, 1.82) is 0 Å². The molecule has 4 nitrogen and oxygen atoms in total. The first-order valence-corrected chi connectivity index (χ1v) is 7.43. The zero-order chi connectivity index (χ0) is 14.3. The third-order valence-corrected chi connectivity index (χ3v) is 4.36. The van der Waals surface area contributed by atoms with Gasteiger partial charge in [-0.2, -0.15) is 0 Å². The Kier molecular flexibility index (Phi) is 3.38. The minimum absolute atomic E-state index is 0.468. The predicted octanol–water partition coefficient (Wildman–Crippen LogP) is 3.58. The molecular weight excluding hydrogens is 320 g/mol. The molecule has 1 aromatic heterocycles. The van der Waals surface area contributed by atoms with Crippen molar-refractivity contribution >= 4 is 21.9 Å². The standard InChI is InChI=1S/C15H15BrN2O2/c1-9-4-6-10(7-5-9)14-17-13(16)12-11(15(19)20)3-2-8-18(12)14/h4-7,11H,2-3,8H2,1H3,(H,19,20). The largest absolute Gasteiger partial charge is 0.481 e. The second-order valence-electron chi connectivity index (χ2n) is 5.16. The molecule has 0 spiro atoms. The Hall–Kier alpha value is -1.62. The summed E-state index contributed by atoms with van der Waals surface area (Å²) < 4.78 is 2.69. The number of aromatic nitrogens is 2. The number of fused-ring (bicyclic) bond motifs is 1. The zero-order valence-corrected chi connectivity index (χ0v) is 12.7. The lowest BCUT2D eigenvalue weighted by molar-refractivity contribution is -0.139. The van der Waals surface area contributed by atoms with Crippen LogP contribution in [-0.2, 0) is 11.3 Å². The molecule has 0 saturated heterocycles. The van der Waals surface area contributed by atoms with Gasteiger partial charge < -0.3 is 9.67 Å². The lowest BCUT2D eigenvalue weighted by Crippen LogP contribution is -2.22. The van der Waals surface area contributed by atoms with E-state index >= 15 is 0 Å². The van der Waals surface area contributed by atoms with Gasteiger partial charge in [0.2, 0.25) is 0 Å². The summed E-state index contributed by atoms with van der Waals surface area (Å²) in [7, 11) is 0. The summed E-state index contributed by atoms with van der Waals surface area (Å²) >= 11 is 3.43. The number of rotatable bonds is 2. The topological polar surface area (TPSA) is 55.1 Å². The fraction of sp³-hybridized carbons (Fsp3) is 0.333. The Morgan fingerprint density at radius 2 is 2.10 bits per heavy atom. The monoisotopic (exact) mass is 334 g/mol. The average Bonchev–Trinajstić information content (AvgIpc) is 2.77. The van der Waals surface area contributed by atoms with Gasteiger partial charge in [-0.25, -0.2) is 4.98 Å². The maximum Gasteiger partial charge on any atom is 0.312 e. The van der Waals surface area contributed by atoms with Crippen molar-refractivity contribution in [3.8, 4) is 11.4 Å². The Bertz CT molecular complexity index is 661. The number of carbonyl (C=O) groups is 1. The minimum atomic E-state index is -0.776. The van der Waals surface area contributed by atoms with E-state index in [4.69, 9.17) is 0 Å². The van der Waals surface area contributed by atoms with Crippen LogP contribution in [0, 0.1) is 6.92 Å². The Balaban J connectivity index is 2.13. The van der Waals surface area contributed by atoms with E-state index in [-0.39, 0.29) is 0 Å². The van der Waals surface area contributed by atoms with Crippen LogP contribution in [0.1, 0.15) is 30.0 Å². The number of imidazole rings is 1. The molecule has 1 aliphatic rings. The quantitative estimate of drug-likeness (QED) is 0.913. The molecule has 0 saturated carbocycles. The summed E-state index contributed by atoms with van der Waals surface area (Å²) in [4.78, 5) is 15.9. The maximum absolute atomic E-state index is 11.4. The van der Waals surface area contributed by atoms with Gasteiger partial charge in [-0.15, -0.1) is 0 Å². The molecule has 5 heteroatoms. The molecule has 1 atom stereocenters. The molecule has 0 bridgehead atoms. The van der Waals surface area contributed by atoms with E-state index < -0.39 is 11.9 Å². The minimum Gasteiger partial charge on any atom is -0.481 e. The Labute approximate surface area is 125 Å². The first-order chi connectivity index (χ1) is 9.58. The third-order valence-electron chi connectivity index (χ3n) is 3.77. The van der Waals surface area contributed by atoms with Gasteiger partial charge >= 0.3 is 5.97 Å². The first-order valence-electron chi connectivity index (χ1n) is 6.63. The Morgan fingerprint density at radius 1 is 1.40 bits per heavy atom. The highest BCUT2D eigenvalue weighted by molar-refractivity contribution is 9.10. The van der Waals surface area contributed by atoms with Crippen LogP contribution < -0.4 is 0 Å². The Morgan fingerprint density at radius 3 is 2.75 bits per heavy atom. The molecule has 0 fully saturated rings. The second kappa shape index (κ2) is 5.05. The van der Waals surface area contributed by atoms with Gasteiger partial charge in [-0.05, 0) is 35.7 Å². The molecule has 2 aromatic rings. The van der Waals surface area contributed by atoms with Crippen molar-refractivity contribution in [2.75, 3.05) is 0 Å². The molecule has 2 heterocycles. The molecule has 104 valence electrons. The molecule has 1 aromatic carbocycles. The lowest BCUT2D eigenvalue weighted by atomic mass is 9.96. The van der Waals surface area contributed by atoms with E-state index in [1.165, 1.54) is 5.56 Å². The van der Waals surface area contributed by atoms with Crippen molar-refractivity contribution in [3.63, 3.8) is 0 Å². The van der Waals surface area contributed by atoms with Crippen molar-refractivity contribution in [2.24, 2.45) is 0 Å². The number of aliphatic carboxylic acids is 1. The van der Waals surface area contributed by atoms with Crippen LogP contribution in [0.3, 0.4) is 0 Å². The van der Waals surface area contributed by atoms with E-state index in [1.807, 2.05) is 35.8 Å². The second-order valence-corrected chi connectivity index (χ2v) is 5.91. The van der Waals surface area contributed by atoms with Crippen LogP contribution in [0.2, 0.25) is 0 Å². The van der Waals surface area contributed by atoms with Crippen molar-refractivity contribution in [2.45, 2.75) is 32.2 Å². The predicted molar refractivity (Wildman–Crippen MR) is 79.7 cm³/mol. The van der Waals surface area contributed by atoms with E-state index in [0.29, 0.717) is 11.0 Å². The first kappa shape index (κ1) is 13.4. The fourth-order valence-electron chi connectivity index (χ4n) is 2.75. The molecular formula is C15H15BrN2O2. The number of aryl methyl sites for hydroxylation is 1. The molecule has 20 heavy (non-hydrogen) atoms. The van der Waals surface area contributed by atoms with Crippen LogP contribution in [0.15, 0.2) is 28.9 Å². The number of nitrogens with zero attached hydrogens (tertiary/aromatic N) is 2. The molecule has 0 radical (unpaired) electrons. The fourth-order valence-corrected chi connectivity index (χ4v) is 3.41. The summed E-state index contributed by atoms with van der Waals surface area (Å²) in [6.07, 6.45) is 1.54.